The first-order chi connectivity index (χ1) is 11.7. The summed E-state index contributed by atoms with van der Waals surface area (Å²) >= 11 is 3.46. The van der Waals surface area contributed by atoms with E-state index < -0.39 is 0 Å². The Bertz CT molecular complexity index is 674. The van der Waals surface area contributed by atoms with Crippen molar-refractivity contribution < 1.29 is 4.79 Å². The summed E-state index contributed by atoms with van der Waals surface area (Å²) in [6.07, 6.45) is 4.30. The van der Waals surface area contributed by atoms with E-state index in [0.717, 1.165) is 29.9 Å². The highest BCUT2D eigenvalue weighted by molar-refractivity contribution is 9.10. The van der Waals surface area contributed by atoms with Crippen LogP contribution in [0.4, 0.5) is 10.7 Å². The molecule has 0 bridgehead atoms. The number of hydrogen-bond donors (Lipinski definition) is 1. The predicted molar refractivity (Wildman–Crippen MR) is 97.1 cm³/mol. The molecule has 0 aliphatic carbocycles. The van der Waals surface area contributed by atoms with Gasteiger partial charge >= 0.3 is 6.03 Å². The SMILES string of the molecule is O=C(NCCc1cccc(Br)c1)N1CCN(c2ncccn2)CC1. The summed E-state index contributed by atoms with van der Waals surface area (Å²) in [5.41, 5.74) is 1.20. The van der Waals surface area contributed by atoms with Gasteiger partial charge in [0, 0.05) is 49.6 Å². The quantitative estimate of drug-likeness (QED) is 0.871. The van der Waals surface area contributed by atoms with Gasteiger partial charge in [-0.2, -0.15) is 0 Å². The fourth-order valence-electron chi connectivity index (χ4n) is 2.68. The minimum atomic E-state index is -0.00127. The van der Waals surface area contributed by atoms with Crippen molar-refractivity contribution in [1.29, 1.82) is 0 Å². The molecule has 1 aromatic carbocycles. The van der Waals surface area contributed by atoms with Crippen LogP contribution < -0.4 is 10.2 Å². The Hall–Kier alpha value is -2.15. The smallest absolute Gasteiger partial charge is 0.317 e. The molecule has 2 amide bonds. The van der Waals surface area contributed by atoms with E-state index in [9.17, 15) is 4.79 Å². The van der Waals surface area contributed by atoms with Crippen molar-refractivity contribution in [3.63, 3.8) is 0 Å². The maximum atomic E-state index is 12.3. The summed E-state index contributed by atoms with van der Waals surface area (Å²) in [6, 6.07) is 9.95. The van der Waals surface area contributed by atoms with Gasteiger partial charge < -0.3 is 15.1 Å². The molecule has 1 N–H and O–H groups in total. The van der Waals surface area contributed by atoms with E-state index in [1.807, 2.05) is 17.0 Å². The number of urea groups is 1. The van der Waals surface area contributed by atoms with Crippen molar-refractivity contribution in [3.8, 4) is 0 Å². The predicted octanol–water partition coefficient (Wildman–Crippen LogP) is 2.31. The molecular weight excluding hydrogens is 370 g/mol. The van der Waals surface area contributed by atoms with Crippen molar-refractivity contribution >= 4 is 27.9 Å². The molecule has 1 aliphatic heterocycles. The van der Waals surface area contributed by atoms with Gasteiger partial charge in [-0.05, 0) is 30.2 Å². The molecule has 7 heteroatoms. The van der Waals surface area contributed by atoms with E-state index in [4.69, 9.17) is 0 Å². The van der Waals surface area contributed by atoms with Crippen molar-refractivity contribution in [2.75, 3.05) is 37.6 Å². The van der Waals surface area contributed by atoms with E-state index in [1.165, 1.54) is 5.56 Å². The third kappa shape index (κ3) is 4.44. The topological polar surface area (TPSA) is 61.4 Å². The lowest BCUT2D eigenvalue weighted by molar-refractivity contribution is 0.194. The third-order valence-electron chi connectivity index (χ3n) is 3.98. The molecule has 1 saturated heterocycles. The number of carbonyl (C=O) groups is 1. The Kier molecular flexibility index (Phi) is 5.63. The second-order valence-corrected chi connectivity index (χ2v) is 6.55. The van der Waals surface area contributed by atoms with Gasteiger partial charge in [-0.1, -0.05) is 28.1 Å². The van der Waals surface area contributed by atoms with Crippen molar-refractivity contribution in [1.82, 2.24) is 20.2 Å². The molecule has 1 fully saturated rings. The largest absolute Gasteiger partial charge is 0.338 e. The first-order valence-corrected chi connectivity index (χ1v) is 8.81. The molecule has 2 aromatic rings. The number of rotatable bonds is 4. The molecule has 3 rings (SSSR count). The molecule has 126 valence electrons. The number of aromatic nitrogens is 2. The maximum absolute atomic E-state index is 12.3. The molecule has 0 spiro atoms. The molecular formula is C17H20BrN5O. The van der Waals surface area contributed by atoms with Gasteiger partial charge in [0.15, 0.2) is 0 Å². The molecule has 0 radical (unpaired) electrons. The average Bonchev–Trinajstić information content (AvgIpc) is 2.63. The molecule has 24 heavy (non-hydrogen) atoms. The lowest BCUT2D eigenvalue weighted by Crippen LogP contribution is -2.52. The molecule has 0 unspecified atom stereocenters. The molecule has 2 heterocycles. The van der Waals surface area contributed by atoms with Gasteiger partial charge in [-0.25, -0.2) is 14.8 Å². The van der Waals surface area contributed by atoms with Gasteiger partial charge in [-0.15, -0.1) is 0 Å². The molecule has 0 saturated carbocycles. The molecule has 1 aliphatic rings. The summed E-state index contributed by atoms with van der Waals surface area (Å²) < 4.78 is 1.06. The molecule has 6 nitrogen and oxygen atoms in total. The van der Waals surface area contributed by atoms with Crippen LogP contribution in [0.25, 0.3) is 0 Å². The van der Waals surface area contributed by atoms with Crippen molar-refractivity contribution in [2.24, 2.45) is 0 Å². The Labute approximate surface area is 150 Å². The number of anilines is 1. The number of nitrogens with zero attached hydrogens (tertiary/aromatic N) is 4. The van der Waals surface area contributed by atoms with Gasteiger partial charge in [-0.3, -0.25) is 0 Å². The van der Waals surface area contributed by atoms with E-state index in [-0.39, 0.29) is 6.03 Å². The molecule has 1 aromatic heterocycles. The zero-order valence-electron chi connectivity index (χ0n) is 13.4. The zero-order valence-corrected chi connectivity index (χ0v) is 14.9. The Morgan fingerprint density at radius 1 is 1.12 bits per heavy atom. The van der Waals surface area contributed by atoms with Crippen LogP contribution >= 0.6 is 15.9 Å². The molecule has 0 atom stereocenters. The first-order valence-electron chi connectivity index (χ1n) is 8.01. The van der Waals surface area contributed by atoms with E-state index in [0.29, 0.717) is 19.6 Å². The van der Waals surface area contributed by atoms with Crippen LogP contribution in [0.3, 0.4) is 0 Å². The normalized spacial score (nSPS) is 14.5. The minimum Gasteiger partial charge on any atom is -0.338 e. The van der Waals surface area contributed by atoms with E-state index >= 15 is 0 Å². The number of hydrogen-bond acceptors (Lipinski definition) is 4. The number of nitrogens with one attached hydrogen (secondary N) is 1. The van der Waals surface area contributed by atoms with Crippen molar-refractivity contribution in [3.05, 3.63) is 52.8 Å². The number of amides is 2. The van der Waals surface area contributed by atoms with Crippen LogP contribution in [0.15, 0.2) is 47.2 Å². The van der Waals surface area contributed by atoms with Crippen LogP contribution in [-0.2, 0) is 6.42 Å². The Morgan fingerprint density at radius 3 is 2.58 bits per heavy atom. The number of halogens is 1. The van der Waals surface area contributed by atoms with Crippen LogP contribution in [-0.4, -0.2) is 53.6 Å². The first kappa shape index (κ1) is 16.7. The average molecular weight is 390 g/mol. The van der Waals surface area contributed by atoms with E-state index in [2.05, 4.69) is 48.2 Å². The number of carbonyl (C=O) groups excluding carboxylic acids is 1. The Balaban J connectivity index is 1.42. The fraction of sp³-hybridized carbons (Fsp3) is 0.353. The summed E-state index contributed by atoms with van der Waals surface area (Å²) in [6.45, 7) is 3.51. The van der Waals surface area contributed by atoms with Gasteiger partial charge in [0.25, 0.3) is 0 Å². The number of benzene rings is 1. The lowest BCUT2D eigenvalue weighted by Gasteiger charge is -2.34. The van der Waals surface area contributed by atoms with Crippen LogP contribution in [0.5, 0.6) is 0 Å². The second-order valence-electron chi connectivity index (χ2n) is 5.63. The summed E-state index contributed by atoms with van der Waals surface area (Å²) in [4.78, 5) is 24.7. The van der Waals surface area contributed by atoms with Crippen LogP contribution in [0.1, 0.15) is 5.56 Å². The minimum absolute atomic E-state index is 0.00127. The highest BCUT2D eigenvalue weighted by Crippen LogP contribution is 2.12. The zero-order chi connectivity index (χ0) is 16.8. The second kappa shape index (κ2) is 8.10. The fourth-order valence-corrected chi connectivity index (χ4v) is 3.13. The summed E-state index contributed by atoms with van der Waals surface area (Å²) in [7, 11) is 0. The Morgan fingerprint density at radius 2 is 1.88 bits per heavy atom. The summed E-state index contributed by atoms with van der Waals surface area (Å²) in [5.74, 6) is 0.729. The lowest BCUT2D eigenvalue weighted by atomic mass is 10.1. The summed E-state index contributed by atoms with van der Waals surface area (Å²) in [5, 5.41) is 3.00. The van der Waals surface area contributed by atoms with Crippen LogP contribution in [0.2, 0.25) is 0 Å². The standard InChI is InChI=1S/C17H20BrN5O/c18-15-4-1-3-14(13-15)5-8-21-17(24)23-11-9-22(10-12-23)16-19-6-2-7-20-16/h1-4,6-7,13H,5,8-12H2,(H,21,24). The third-order valence-corrected chi connectivity index (χ3v) is 4.47. The highest BCUT2D eigenvalue weighted by atomic mass is 79.9. The van der Waals surface area contributed by atoms with Gasteiger partial charge in [0.2, 0.25) is 5.95 Å². The van der Waals surface area contributed by atoms with Gasteiger partial charge in [0.1, 0.15) is 0 Å². The number of piperazine rings is 1. The van der Waals surface area contributed by atoms with Crippen molar-refractivity contribution in [2.45, 2.75) is 6.42 Å². The van der Waals surface area contributed by atoms with Gasteiger partial charge in [0.05, 0.1) is 0 Å². The van der Waals surface area contributed by atoms with E-state index in [1.54, 1.807) is 18.5 Å². The van der Waals surface area contributed by atoms with Crippen LogP contribution in [0, 0.1) is 0 Å². The highest BCUT2D eigenvalue weighted by Gasteiger charge is 2.21. The maximum Gasteiger partial charge on any atom is 0.317 e. The monoisotopic (exact) mass is 389 g/mol.